The quantitative estimate of drug-likeness (QED) is 0.440. The lowest BCUT2D eigenvalue weighted by atomic mass is 10.2. The van der Waals surface area contributed by atoms with Crippen LogP contribution in [0.1, 0.15) is 10.4 Å². The van der Waals surface area contributed by atoms with Crippen LogP contribution in [0.2, 0.25) is 0 Å². The second-order valence-corrected chi connectivity index (χ2v) is 2.83. The lowest BCUT2D eigenvalue weighted by Crippen LogP contribution is -2.09. The fourth-order valence-corrected chi connectivity index (χ4v) is 0.951. The van der Waals surface area contributed by atoms with Crippen LogP contribution in [0.25, 0.3) is 0 Å². The van der Waals surface area contributed by atoms with E-state index >= 15 is 0 Å². The molecule has 0 atom stereocenters. The Labute approximate surface area is 86.9 Å². The first-order valence-corrected chi connectivity index (χ1v) is 4.33. The van der Waals surface area contributed by atoms with Gasteiger partial charge in [-0.3, -0.25) is 0 Å². The van der Waals surface area contributed by atoms with Gasteiger partial charge in [0.15, 0.2) is 11.5 Å². The maximum absolute atomic E-state index is 11.3. The maximum atomic E-state index is 11.3. The van der Waals surface area contributed by atoms with Gasteiger partial charge in [-0.25, -0.2) is 4.79 Å². The van der Waals surface area contributed by atoms with Crippen molar-refractivity contribution in [3.05, 3.63) is 23.8 Å². The summed E-state index contributed by atoms with van der Waals surface area (Å²) in [6.07, 6.45) is 0. The van der Waals surface area contributed by atoms with Crippen molar-refractivity contribution in [2.24, 2.45) is 0 Å². The third kappa shape index (κ3) is 3.14. The van der Waals surface area contributed by atoms with Crippen LogP contribution in [0.15, 0.2) is 18.2 Å². The fraction of sp³-hybridized carbons (Fsp3) is 0.300. The predicted octanol–water partition coefficient (Wildman–Crippen LogP) is 0.901. The topological polar surface area (TPSA) is 76.0 Å². The van der Waals surface area contributed by atoms with Gasteiger partial charge in [-0.05, 0) is 18.2 Å². The minimum absolute atomic E-state index is 0.150. The molecule has 1 aromatic carbocycles. The lowest BCUT2D eigenvalue weighted by molar-refractivity contribution is 0.0387. The summed E-state index contributed by atoms with van der Waals surface area (Å²) in [5.41, 5.74) is 0.182. The first kappa shape index (κ1) is 11.3. The molecule has 0 aliphatic heterocycles. The zero-order valence-corrected chi connectivity index (χ0v) is 8.27. The van der Waals surface area contributed by atoms with Gasteiger partial charge in [0, 0.05) is 7.11 Å². The molecule has 0 spiro atoms. The highest BCUT2D eigenvalue weighted by Crippen LogP contribution is 2.24. The van der Waals surface area contributed by atoms with Crippen LogP contribution >= 0.6 is 0 Å². The summed E-state index contributed by atoms with van der Waals surface area (Å²) in [6.45, 7) is 0.465. The molecule has 1 aromatic rings. The van der Waals surface area contributed by atoms with Crippen LogP contribution in [0.5, 0.6) is 11.5 Å². The first-order chi connectivity index (χ1) is 7.15. The van der Waals surface area contributed by atoms with Crippen LogP contribution < -0.4 is 0 Å². The molecule has 15 heavy (non-hydrogen) atoms. The molecule has 5 heteroatoms. The SMILES string of the molecule is COCCOC(=O)c1ccc(O)c(O)c1. The number of methoxy groups -OCH3 is 1. The molecule has 0 fully saturated rings. The second-order valence-electron chi connectivity index (χ2n) is 2.83. The summed E-state index contributed by atoms with van der Waals surface area (Å²) in [7, 11) is 1.50. The number of hydrogen-bond donors (Lipinski definition) is 2. The monoisotopic (exact) mass is 212 g/mol. The number of rotatable bonds is 4. The number of esters is 1. The number of phenols is 2. The van der Waals surface area contributed by atoms with Gasteiger partial charge in [0.1, 0.15) is 6.61 Å². The van der Waals surface area contributed by atoms with Gasteiger partial charge < -0.3 is 19.7 Å². The molecule has 0 amide bonds. The van der Waals surface area contributed by atoms with Crippen molar-refractivity contribution >= 4 is 5.97 Å². The Kier molecular flexibility index (Phi) is 3.93. The maximum Gasteiger partial charge on any atom is 0.338 e. The summed E-state index contributed by atoms with van der Waals surface area (Å²) in [4.78, 5) is 11.3. The van der Waals surface area contributed by atoms with Crippen molar-refractivity contribution in [3.63, 3.8) is 0 Å². The van der Waals surface area contributed by atoms with Crippen molar-refractivity contribution in [1.82, 2.24) is 0 Å². The minimum atomic E-state index is -0.567. The molecule has 0 aromatic heterocycles. The number of aromatic hydroxyl groups is 2. The third-order valence-corrected chi connectivity index (χ3v) is 1.73. The molecule has 5 nitrogen and oxygen atoms in total. The molecule has 0 saturated heterocycles. The van der Waals surface area contributed by atoms with E-state index in [1.165, 1.54) is 19.2 Å². The van der Waals surface area contributed by atoms with E-state index in [1.807, 2.05) is 0 Å². The van der Waals surface area contributed by atoms with E-state index in [9.17, 15) is 4.79 Å². The zero-order chi connectivity index (χ0) is 11.3. The average molecular weight is 212 g/mol. The number of carbonyl (C=O) groups is 1. The number of hydrogen-bond acceptors (Lipinski definition) is 5. The van der Waals surface area contributed by atoms with Crippen LogP contribution in [-0.4, -0.2) is 36.5 Å². The molecule has 0 unspecified atom stereocenters. The Hall–Kier alpha value is -1.75. The van der Waals surface area contributed by atoms with E-state index in [4.69, 9.17) is 19.7 Å². The average Bonchev–Trinajstić information content (AvgIpc) is 2.22. The Morgan fingerprint density at radius 2 is 2.00 bits per heavy atom. The van der Waals surface area contributed by atoms with E-state index in [2.05, 4.69) is 0 Å². The molecule has 0 aliphatic rings. The van der Waals surface area contributed by atoms with Gasteiger partial charge in [0.25, 0.3) is 0 Å². The van der Waals surface area contributed by atoms with Gasteiger partial charge in [-0.2, -0.15) is 0 Å². The Balaban J connectivity index is 2.62. The Morgan fingerprint density at radius 1 is 1.27 bits per heavy atom. The molecular weight excluding hydrogens is 200 g/mol. The second kappa shape index (κ2) is 5.21. The molecule has 82 valence electrons. The minimum Gasteiger partial charge on any atom is -0.504 e. The molecule has 0 radical (unpaired) electrons. The number of ether oxygens (including phenoxy) is 2. The van der Waals surface area contributed by atoms with Crippen molar-refractivity contribution in [3.8, 4) is 11.5 Å². The van der Waals surface area contributed by atoms with Gasteiger partial charge in [0.05, 0.1) is 12.2 Å². The number of phenolic OH excluding ortho intramolecular Hbond substituents is 2. The highest BCUT2D eigenvalue weighted by molar-refractivity contribution is 5.90. The summed E-state index contributed by atoms with van der Waals surface area (Å²) < 4.78 is 9.51. The molecule has 0 aliphatic carbocycles. The highest BCUT2D eigenvalue weighted by Gasteiger charge is 2.09. The molecule has 1 rings (SSSR count). The standard InChI is InChI=1S/C10H12O5/c1-14-4-5-15-10(13)7-2-3-8(11)9(12)6-7/h2-3,6,11-12H,4-5H2,1H3. The molecule has 0 bridgehead atoms. The van der Waals surface area contributed by atoms with Crippen molar-refractivity contribution in [2.45, 2.75) is 0 Å². The Bertz CT molecular complexity index is 348. The molecule has 0 saturated carbocycles. The molecular formula is C10H12O5. The van der Waals surface area contributed by atoms with Gasteiger partial charge in [-0.1, -0.05) is 0 Å². The normalized spacial score (nSPS) is 9.93. The molecule has 0 heterocycles. The van der Waals surface area contributed by atoms with Crippen LogP contribution in [0.3, 0.4) is 0 Å². The van der Waals surface area contributed by atoms with Crippen molar-refractivity contribution < 1.29 is 24.5 Å². The van der Waals surface area contributed by atoms with E-state index in [-0.39, 0.29) is 23.7 Å². The summed E-state index contributed by atoms with van der Waals surface area (Å²) >= 11 is 0. The van der Waals surface area contributed by atoms with Gasteiger partial charge in [-0.15, -0.1) is 0 Å². The van der Waals surface area contributed by atoms with E-state index in [0.29, 0.717) is 6.61 Å². The van der Waals surface area contributed by atoms with Crippen LogP contribution in [0.4, 0.5) is 0 Å². The van der Waals surface area contributed by atoms with E-state index in [0.717, 1.165) is 6.07 Å². The molecule has 2 N–H and O–H groups in total. The Morgan fingerprint density at radius 3 is 2.60 bits per heavy atom. The van der Waals surface area contributed by atoms with Crippen LogP contribution in [-0.2, 0) is 9.47 Å². The van der Waals surface area contributed by atoms with Crippen molar-refractivity contribution in [2.75, 3.05) is 20.3 Å². The third-order valence-electron chi connectivity index (χ3n) is 1.73. The fourth-order valence-electron chi connectivity index (χ4n) is 0.951. The summed E-state index contributed by atoms with van der Waals surface area (Å²) in [5.74, 6) is -1.19. The number of benzene rings is 1. The summed E-state index contributed by atoms with van der Waals surface area (Å²) in [6, 6.07) is 3.73. The first-order valence-electron chi connectivity index (χ1n) is 4.33. The van der Waals surface area contributed by atoms with E-state index in [1.54, 1.807) is 0 Å². The predicted molar refractivity (Wildman–Crippen MR) is 51.9 cm³/mol. The smallest absolute Gasteiger partial charge is 0.338 e. The van der Waals surface area contributed by atoms with Crippen molar-refractivity contribution in [1.29, 1.82) is 0 Å². The summed E-state index contributed by atoms with van der Waals surface area (Å²) in [5, 5.41) is 18.2. The van der Waals surface area contributed by atoms with Crippen LogP contribution in [0, 0.1) is 0 Å². The van der Waals surface area contributed by atoms with Gasteiger partial charge in [0.2, 0.25) is 0 Å². The van der Waals surface area contributed by atoms with E-state index < -0.39 is 5.97 Å². The largest absolute Gasteiger partial charge is 0.504 e. The number of carbonyl (C=O) groups excluding carboxylic acids is 1. The lowest BCUT2D eigenvalue weighted by Gasteiger charge is -2.04. The highest BCUT2D eigenvalue weighted by atomic mass is 16.6. The zero-order valence-electron chi connectivity index (χ0n) is 8.27. The van der Waals surface area contributed by atoms with Gasteiger partial charge >= 0.3 is 5.97 Å².